The van der Waals surface area contributed by atoms with Gasteiger partial charge in [-0.15, -0.1) is 0 Å². The van der Waals surface area contributed by atoms with Crippen molar-refractivity contribution in [2.45, 2.75) is 52.6 Å². The van der Waals surface area contributed by atoms with Crippen LogP contribution in [0.4, 0.5) is 11.8 Å². The van der Waals surface area contributed by atoms with Gasteiger partial charge in [0.2, 0.25) is 11.9 Å². The number of pyridine rings is 1. The number of carbonyl (C=O) groups excluding carboxylic acids is 1. The van der Waals surface area contributed by atoms with E-state index in [-0.39, 0.29) is 18.4 Å². The van der Waals surface area contributed by atoms with Gasteiger partial charge in [0.1, 0.15) is 11.9 Å². The van der Waals surface area contributed by atoms with Crippen LogP contribution >= 0.6 is 0 Å². The highest BCUT2D eigenvalue weighted by molar-refractivity contribution is 5.91. The van der Waals surface area contributed by atoms with Crippen LogP contribution in [0.1, 0.15) is 44.7 Å². The number of aliphatic carboxylic acids is 1. The summed E-state index contributed by atoms with van der Waals surface area (Å²) in [4.78, 5) is 39.5. The van der Waals surface area contributed by atoms with Crippen molar-refractivity contribution in [1.82, 2.24) is 15.0 Å². The van der Waals surface area contributed by atoms with Crippen molar-refractivity contribution in [1.29, 1.82) is 0 Å². The highest BCUT2D eigenvalue weighted by Crippen LogP contribution is 2.27. The minimum atomic E-state index is -0.852. The van der Waals surface area contributed by atoms with Crippen molar-refractivity contribution in [2.24, 2.45) is 5.41 Å². The van der Waals surface area contributed by atoms with Crippen LogP contribution in [-0.4, -0.2) is 57.7 Å². The fourth-order valence-electron chi connectivity index (χ4n) is 4.41. The van der Waals surface area contributed by atoms with E-state index >= 15 is 0 Å². The molecule has 0 spiro atoms. The summed E-state index contributed by atoms with van der Waals surface area (Å²) in [6, 6.07) is 12.8. The summed E-state index contributed by atoms with van der Waals surface area (Å²) >= 11 is 0. The van der Waals surface area contributed by atoms with E-state index in [0.29, 0.717) is 43.0 Å². The van der Waals surface area contributed by atoms with Crippen molar-refractivity contribution in [2.75, 3.05) is 29.9 Å². The van der Waals surface area contributed by atoms with Crippen molar-refractivity contribution in [3.05, 3.63) is 66.0 Å². The highest BCUT2D eigenvalue weighted by Gasteiger charge is 2.27. The summed E-state index contributed by atoms with van der Waals surface area (Å²) < 4.78 is 11.8. The Morgan fingerprint density at radius 3 is 2.62 bits per heavy atom. The molecule has 3 heterocycles. The predicted molar refractivity (Wildman–Crippen MR) is 147 cm³/mol. The molecule has 1 aromatic carbocycles. The fourth-order valence-corrected chi connectivity index (χ4v) is 4.41. The van der Waals surface area contributed by atoms with Gasteiger partial charge in [0.05, 0.1) is 25.0 Å². The number of ether oxygens (including phenoxy) is 2. The van der Waals surface area contributed by atoms with Crippen LogP contribution in [0.15, 0.2) is 54.9 Å². The third kappa shape index (κ3) is 7.66. The van der Waals surface area contributed by atoms with Crippen molar-refractivity contribution >= 4 is 23.6 Å². The van der Waals surface area contributed by atoms with Gasteiger partial charge in [0.25, 0.3) is 5.88 Å². The SMILES string of the molecule is CCOc1cccnc1O[C@@H]1CCCN(c2nccc(NC(=O)Cc3ccc(CC(C)(C)C(=O)O)cc3)n2)C1. The zero-order chi connectivity index (χ0) is 27.8. The maximum absolute atomic E-state index is 12.7. The first-order valence-electron chi connectivity index (χ1n) is 13.2. The lowest BCUT2D eigenvalue weighted by molar-refractivity contribution is -0.146. The molecule has 10 heteroatoms. The topological polar surface area (TPSA) is 127 Å². The van der Waals surface area contributed by atoms with Gasteiger partial charge in [0.15, 0.2) is 5.75 Å². The molecule has 0 unspecified atom stereocenters. The molecule has 39 heavy (non-hydrogen) atoms. The van der Waals surface area contributed by atoms with E-state index in [1.807, 2.05) is 48.2 Å². The Morgan fingerprint density at radius 1 is 1.10 bits per heavy atom. The van der Waals surface area contributed by atoms with Gasteiger partial charge in [0, 0.05) is 18.9 Å². The average molecular weight is 534 g/mol. The molecule has 3 aromatic rings. The lowest BCUT2D eigenvalue weighted by Crippen LogP contribution is -2.42. The van der Waals surface area contributed by atoms with E-state index in [0.717, 1.165) is 30.5 Å². The Bertz CT molecular complexity index is 1280. The first kappa shape index (κ1) is 27.8. The molecule has 206 valence electrons. The number of rotatable bonds is 11. The zero-order valence-corrected chi connectivity index (χ0v) is 22.6. The quantitative estimate of drug-likeness (QED) is 0.374. The molecular weight excluding hydrogens is 498 g/mol. The maximum Gasteiger partial charge on any atom is 0.309 e. The Balaban J connectivity index is 1.34. The zero-order valence-electron chi connectivity index (χ0n) is 22.6. The van der Waals surface area contributed by atoms with E-state index in [1.54, 1.807) is 32.3 Å². The number of piperidine rings is 1. The van der Waals surface area contributed by atoms with Crippen LogP contribution in [0.2, 0.25) is 0 Å². The summed E-state index contributed by atoms with van der Waals surface area (Å²) in [7, 11) is 0. The number of aromatic nitrogens is 3. The number of benzene rings is 1. The molecule has 2 aromatic heterocycles. The van der Waals surface area contributed by atoms with Crippen molar-refractivity contribution in [3.63, 3.8) is 0 Å². The minimum absolute atomic E-state index is 0.0984. The molecule has 0 saturated carbocycles. The number of carboxylic acid groups (broad SMARTS) is 1. The number of carbonyl (C=O) groups is 2. The number of amides is 1. The molecule has 1 atom stereocenters. The van der Waals surface area contributed by atoms with E-state index in [2.05, 4.69) is 20.3 Å². The standard InChI is InChI=1S/C29H35N5O5/c1-4-38-23-8-5-14-30-26(23)39-22-7-6-16-34(19-22)28-31-15-13-24(33-28)32-25(35)17-20-9-11-21(12-10-20)18-29(2,3)27(36)37/h5,8-15,22H,4,6-7,16-19H2,1-3H3,(H,36,37)(H,31,32,33,35)/t22-/m1/s1. The molecule has 2 N–H and O–H groups in total. The molecule has 1 saturated heterocycles. The van der Waals surface area contributed by atoms with Gasteiger partial charge in [-0.3, -0.25) is 9.59 Å². The van der Waals surface area contributed by atoms with Crippen LogP contribution in [0.25, 0.3) is 0 Å². The third-order valence-electron chi connectivity index (χ3n) is 6.50. The minimum Gasteiger partial charge on any atom is -0.488 e. The van der Waals surface area contributed by atoms with Gasteiger partial charge >= 0.3 is 5.97 Å². The second kappa shape index (κ2) is 12.6. The van der Waals surface area contributed by atoms with E-state index < -0.39 is 11.4 Å². The summed E-state index contributed by atoms with van der Waals surface area (Å²) in [5, 5.41) is 12.2. The molecule has 1 aliphatic rings. The second-order valence-electron chi connectivity index (χ2n) is 10.2. The summed E-state index contributed by atoms with van der Waals surface area (Å²) in [6.07, 6.45) is 5.58. The van der Waals surface area contributed by atoms with Crippen molar-refractivity contribution < 1.29 is 24.2 Å². The molecule has 0 radical (unpaired) electrons. The smallest absolute Gasteiger partial charge is 0.309 e. The number of anilines is 2. The van der Waals surface area contributed by atoms with Crippen LogP contribution in [0, 0.1) is 5.41 Å². The van der Waals surface area contributed by atoms with Gasteiger partial charge in [-0.25, -0.2) is 9.97 Å². The Kier molecular flexibility index (Phi) is 8.96. The Morgan fingerprint density at radius 2 is 1.87 bits per heavy atom. The summed E-state index contributed by atoms with van der Waals surface area (Å²) in [5.41, 5.74) is 0.887. The lowest BCUT2D eigenvalue weighted by atomic mass is 9.86. The van der Waals surface area contributed by atoms with E-state index in [1.165, 1.54) is 0 Å². The van der Waals surface area contributed by atoms with E-state index in [4.69, 9.17) is 9.47 Å². The van der Waals surface area contributed by atoms with Gasteiger partial charge < -0.3 is 24.8 Å². The lowest BCUT2D eigenvalue weighted by Gasteiger charge is -2.32. The normalized spacial score (nSPS) is 15.5. The molecule has 4 rings (SSSR count). The number of nitrogens with one attached hydrogen (secondary N) is 1. The first-order valence-corrected chi connectivity index (χ1v) is 13.2. The monoisotopic (exact) mass is 533 g/mol. The van der Waals surface area contributed by atoms with E-state index in [9.17, 15) is 14.7 Å². The molecule has 0 bridgehead atoms. The van der Waals surface area contributed by atoms with Gasteiger partial charge in [-0.2, -0.15) is 4.98 Å². The number of hydrogen-bond donors (Lipinski definition) is 2. The number of carboxylic acids is 1. The molecule has 10 nitrogen and oxygen atoms in total. The molecular formula is C29H35N5O5. The Hall–Kier alpha value is -4.21. The number of hydrogen-bond acceptors (Lipinski definition) is 8. The molecule has 1 amide bonds. The summed E-state index contributed by atoms with van der Waals surface area (Å²) in [5.74, 6) is 1.01. The Labute approximate surface area is 228 Å². The second-order valence-corrected chi connectivity index (χ2v) is 10.2. The highest BCUT2D eigenvalue weighted by atomic mass is 16.5. The average Bonchev–Trinajstić information content (AvgIpc) is 2.91. The van der Waals surface area contributed by atoms with Crippen LogP contribution in [-0.2, 0) is 22.4 Å². The first-order chi connectivity index (χ1) is 18.7. The van der Waals surface area contributed by atoms with Crippen LogP contribution in [0.5, 0.6) is 11.6 Å². The third-order valence-corrected chi connectivity index (χ3v) is 6.50. The molecule has 0 aliphatic carbocycles. The molecule has 1 fully saturated rings. The van der Waals surface area contributed by atoms with Gasteiger partial charge in [-0.05, 0) is 69.4 Å². The summed E-state index contributed by atoms with van der Waals surface area (Å²) in [6.45, 7) is 7.21. The molecule has 1 aliphatic heterocycles. The van der Waals surface area contributed by atoms with Crippen LogP contribution in [0.3, 0.4) is 0 Å². The fraction of sp³-hybridized carbons (Fsp3) is 0.414. The largest absolute Gasteiger partial charge is 0.488 e. The number of nitrogens with zero attached hydrogens (tertiary/aromatic N) is 4. The van der Waals surface area contributed by atoms with Gasteiger partial charge in [-0.1, -0.05) is 24.3 Å². The van der Waals surface area contributed by atoms with Crippen LogP contribution < -0.4 is 19.7 Å². The maximum atomic E-state index is 12.7. The van der Waals surface area contributed by atoms with Crippen molar-refractivity contribution in [3.8, 4) is 11.6 Å². The predicted octanol–water partition coefficient (Wildman–Crippen LogP) is 4.15.